The Morgan fingerprint density at radius 2 is 1.41 bits per heavy atom. The summed E-state index contributed by atoms with van der Waals surface area (Å²) in [6.45, 7) is 0. The minimum atomic E-state index is -1.46. The summed E-state index contributed by atoms with van der Waals surface area (Å²) < 4.78 is 14.0. The summed E-state index contributed by atoms with van der Waals surface area (Å²) >= 11 is 0. The Balaban J connectivity index is 1.64. The monoisotopic (exact) mass is 517 g/mol. The number of hydrogen-bond acceptors (Lipinski definition) is 4. The van der Waals surface area contributed by atoms with Crippen molar-refractivity contribution in [3.05, 3.63) is 154 Å². The molecule has 2 aliphatic rings. The van der Waals surface area contributed by atoms with Crippen LogP contribution in [0, 0.1) is 21.3 Å². The number of amides is 1. The van der Waals surface area contributed by atoms with E-state index in [0.717, 1.165) is 5.56 Å². The molecule has 0 saturated carbocycles. The molecule has 0 fully saturated rings. The van der Waals surface area contributed by atoms with Gasteiger partial charge in [-0.1, -0.05) is 97.1 Å². The molecule has 0 saturated heterocycles. The van der Waals surface area contributed by atoms with Gasteiger partial charge in [-0.3, -0.25) is 14.9 Å². The quantitative estimate of drug-likeness (QED) is 0.225. The molecule has 4 aromatic carbocycles. The lowest BCUT2D eigenvalue weighted by molar-refractivity contribution is -0.527. The fourth-order valence-electron chi connectivity index (χ4n) is 5.74. The number of carbonyl (C=O) groups excluding carboxylic acids is 1. The van der Waals surface area contributed by atoms with Gasteiger partial charge in [0, 0.05) is 11.3 Å². The van der Waals surface area contributed by atoms with Crippen LogP contribution in [0.25, 0.3) is 5.57 Å². The first-order valence-corrected chi connectivity index (χ1v) is 12.7. The number of para-hydroxylation sites is 1. The summed E-state index contributed by atoms with van der Waals surface area (Å²) in [6, 6.07) is 32.4. The summed E-state index contributed by atoms with van der Waals surface area (Å²) in [5.41, 5.74) is 2.21. The highest BCUT2D eigenvalue weighted by Crippen LogP contribution is 2.54. The van der Waals surface area contributed by atoms with Crippen LogP contribution < -0.4 is 5.01 Å². The van der Waals surface area contributed by atoms with Gasteiger partial charge in [0.2, 0.25) is 6.04 Å². The van der Waals surface area contributed by atoms with Crippen molar-refractivity contribution < 1.29 is 14.1 Å². The molecule has 3 atom stereocenters. The largest absolute Gasteiger partial charge is 0.271 e. The Bertz CT molecular complexity index is 1590. The zero-order valence-electron chi connectivity index (χ0n) is 20.9. The van der Waals surface area contributed by atoms with Gasteiger partial charge in [-0.05, 0) is 46.5 Å². The lowest BCUT2D eigenvalue weighted by Crippen LogP contribution is -2.49. The molecule has 0 bridgehead atoms. The number of carbonyl (C=O) groups is 1. The molecule has 1 aliphatic heterocycles. The molecule has 6 nitrogen and oxygen atoms in total. The van der Waals surface area contributed by atoms with Crippen LogP contribution in [0.4, 0.5) is 10.1 Å². The highest BCUT2D eigenvalue weighted by Gasteiger charge is 2.60. The van der Waals surface area contributed by atoms with Gasteiger partial charge >= 0.3 is 0 Å². The van der Waals surface area contributed by atoms with Crippen LogP contribution in [-0.4, -0.2) is 22.6 Å². The molecule has 0 N–H and O–H groups in total. The average Bonchev–Trinajstić information content (AvgIpc) is 3.26. The second-order valence-corrected chi connectivity index (χ2v) is 9.75. The number of rotatable bonds is 5. The van der Waals surface area contributed by atoms with E-state index < -0.39 is 23.2 Å². The van der Waals surface area contributed by atoms with Gasteiger partial charge in [-0.25, -0.2) is 4.39 Å². The number of nitro groups is 1. The van der Waals surface area contributed by atoms with E-state index in [9.17, 15) is 19.3 Å². The van der Waals surface area contributed by atoms with Gasteiger partial charge in [0.05, 0.1) is 17.3 Å². The normalized spacial score (nSPS) is 22.5. The maximum atomic E-state index is 14.6. The minimum absolute atomic E-state index is 0.0985. The van der Waals surface area contributed by atoms with E-state index in [2.05, 4.69) is 0 Å². The Morgan fingerprint density at radius 3 is 2.03 bits per heavy atom. The zero-order valence-corrected chi connectivity index (χ0v) is 20.9. The van der Waals surface area contributed by atoms with E-state index in [-0.39, 0.29) is 17.3 Å². The fraction of sp³-hybridized carbons (Fsp3) is 0.125. The summed E-state index contributed by atoms with van der Waals surface area (Å²) in [5, 5.41) is 18.8. The van der Waals surface area contributed by atoms with Crippen LogP contribution in [0.3, 0.4) is 0 Å². The Labute approximate surface area is 224 Å². The predicted molar refractivity (Wildman–Crippen MR) is 148 cm³/mol. The van der Waals surface area contributed by atoms with Crippen LogP contribution in [0.2, 0.25) is 0 Å². The molecule has 1 heterocycles. The highest BCUT2D eigenvalue weighted by molar-refractivity contribution is 6.31. The SMILES string of the molecule is O=C1N(c2ccccc2)N=C(c2ccccc2)[C@]12C[C@H]([N+](=O)[O-])[C@@H](c1ccccc1)C=C2c1ccc(F)cc1. The highest BCUT2D eigenvalue weighted by atomic mass is 19.1. The second kappa shape index (κ2) is 9.76. The Morgan fingerprint density at radius 1 is 0.821 bits per heavy atom. The smallest absolute Gasteiger partial charge is 0.264 e. The first-order valence-electron chi connectivity index (χ1n) is 12.7. The molecule has 6 rings (SSSR count). The third-order valence-corrected chi connectivity index (χ3v) is 7.56. The van der Waals surface area contributed by atoms with Crippen molar-refractivity contribution in [2.24, 2.45) is 10.5 Å². The third-order valence-electron chi connectivity index (χ3n) is 7.56. The van der Waals surface area contributed by atoms with Crippen molar-refractivity contribution in [2.45, 2.75) is 18.4 Å². The average molecular weight is 518 g/mol. The lowest BCUT2D eigenvalue weighted by Gasteiger charge is -2.39. The molecule has 7 heteroatoms. The standard InChI is InChI=1S/C32H24FN3O3/c33-25-18-16-23(17-19-25)28-20-27(22-10-4-1-5-11-22)29(36(38)39)21-32(28)30(24-12-6-2-7-13-24)34-35(31(32)37)26-14-8-3-9-15-26/h1-20,27,29H,21H2/t27-,29+,32-/m1/s1. The minimum Gasteiger partial charge on any atom is -0.271 e. The van der Waals surface area contributed by atoms with Crippen molar-refractivity contribution in [1.82, 2.24) is 0 Å². The van der Waals surface area contributed by atoms with Crippen molar-refractivity contribution >= 4 is 22.9 Å². The van der Waals surface area contributed by atoms with E-state index in [0.29, 0.717) is 28.1 Å². The lowest BCUT2D eigenvalue weighted by atomic mass is 9.61. The van der Waals surface area contributed by atoms with Gasteiger partial charge in [-0.2, -0.15) is 10.1 Å². The van der Waals surface area contributed by atoms with Crippen LogP contribution in [-0.2, 0) is 4.79 Å². The van der Waals surface area contributed by atoms with E-state index >= 15 is 0 Å². The Kier molecular flexibility index (Phi) is 6.11. The zero-order chi connectivity index (χ0) is 27.0. The maximum Gasteiger partial charge on any atom is 0.264 e. The predicted octanol–water partition coefficient (Wildman–Crippen LogP) is 6.48. The number of anilines is 1. The van der Waals surface area contributed by atoms with Crippen molar-refractivity contribution in [3.63, 3.8) is 0 Å². The first kappa shape index (κ1) is 24.4. The Hall–Kier alpha value is -4.91. The molecular weight excluding hydrogens is 493 g/mol. The number of benzene rings is 4. The fourth-order valence-corrected chi connectivity index (χ4v) is 5.74. The van der Waals surface area contributed by atoms with Gasteiger partial charge in [0.15, 0.2) is 0 Å². The van der Waals surface area contributed by atoms with Crippen LogP contribution in [0.5, 0.6) is 0 Å². The molecule has 0 aromatic heterocycles. The van der Waals surface area contributed by atoms with Crippen molar-refractivity contribution in [3.8, 4) is 0 Å². The molecule has 0 unspecified atom stereocenters. The first-order chi connectivity index (χ1) is 19.0. The number of nitrogens with zero attached hydrogens (tertiary/aromatic N) is 3. The second-order valence-electron chi connectivity index (χ2n) is 9.75. The third kappa shape index (κ3) is 4.12. The van der Waals surface area contributed by atoms with Crippen LogP contribution >= 0.6 is 0 Å². The van der Waals surface area contributed by atoms with Gasteiger partial charge in [0.25, 0.3) is 5.91 Å². The number of hydrazone groups is 1. The van der Waals surface area contributed by atoms with Gasteiger partial charge in [-0.15, -0.1) is 0 Å². The van der Waals surface area contributed by atoms with E-state index in [1.54, 1.807) is 24.3 Å². The van der Waals surface area contributed by atoms with E-state index in [1.165, 1.54) is 17.1 Å². The molecule has 192 valence electrons. The van der Waals surface area contributed by atoms with Gasteiger partial charge in [0.1, 0.15) is 11.2 Å². The molecule has 1 amide bonds. The summed E-state index contributed by atoms with van der Waals surface area (Å²) in [4.78, 5) is 26.9. The van der Waals surface area contributed by atoms with E-state index in [4.69, 9.17) is 5.10 Å². The summed E-state index contributed by atoms with van der Waals surface area (Å²) in [5.74, 6) is -1.38. The molecular formula is C32H24FN3O3. The summed E-state index contributed by atoms with van der Waals surface area (Å²) in [6.07, 6.45) is 1.73. The van der Waals surface area contributed by atoms with Crippen LogP contribution in [0.1, 0.15) is 29.0 Å². The molecule has 1 spiro atoms. The van der Waals surface area contributed by atoms with Crippen molar-refractivity contribution in [1.29, 1.82) is 0 Å². The summed E-state index contributed by atoms with van der Waals surface area (Å²) in [7, 11) is 0. The molecule has 39 heavy (non-hydrogen) atoms. The number of hydrogen-bond donors (Lipinski definition) is 0. The van der Waals surface area contributed by atoms with E-state index in [1.807, 2.05) is 84.9 Å². The van der Waals surface area contributed by atoms with Crippen LogP contribution in [0.15, 0.2) is 126 Å². The molecule has 1 aliphatic carbocycles. The van der Waals surface area contributed by atoms with Gasteiger partial charge < -0.3 is 0 Å². The topological polar surface area (TPSA) is 75.8 Å². The maximum absolute atomic E-state index is 14.6. The molecule has 0 radical (unpaired) electrons. The molecule has 4 aromatic rings. The van der Waals surface area contributed by atoms with Crippen molar-refractivity contribution in [2.75, 3.05) is 5.01 Å². The number of halogens is 1.